The maximum Gasteiger partial charge on any atom is 0.225 e. The van der Waals surface area contributed by atoms with Crippen LogP contribution in [0.3, 0.4) is 0 Å². The first-order chi connectivity index (χ1) is 8.95. The molecule has 0 spiro atoms. The van der Waals surface area contributed by atoms with Crippen molar-refractivity contribution in [1.29, 1.82) is 0 Å². The van der Waals surface area contributed by atoms with Crippen molar-refractivity contribution in [3.8, 4) is 0 Å². The van der Waals surface area contributed by atoms with Crippen molar-refractivity contribution in [2.45, 2.75) is 32.6 Å². The van der Waals surface area contributed by atoms with Gasteiger partial charge in [-0.25, -0.2) is 0 Å². The second-order valence-electron chi connectivity index (χ2n) is 5.59. The normalized spacial score (nSPS) is 11.1. The van der Waals surface area contributed by atoms with E-state index in [1.807, 2.05) is 18.2 Å². The second kappa shape index (κ2) is 7.10. The van der Waals surface area contributed by atoms with Gasteiger partial charge in [0.15, 0.2) is 0 Å². The molecule has 0 saturated carbocycles. The molecule has 0 atom stereocenters. The van der Waals surface area contributed by atoms with E-state index in [-0.39, 0.29) is 11.3 Å². The van der Waals surface area contributed by atoms with Crippen LogP contribution in [0.5, 0.6) is 0 Å². The maximum absolute atomic E-state index is 11.9. The van der Waals surface area contributed by atoms with Crippen LogP contribution >= 0.6 is 0 Å². The lowest BCUT2D eigenvalue weighted by molar-refractivity contribution is -0.116. The topological polar surface area (TPSA) is 41.1 Å². The molecule has 0 aliphatic carbocycles. The Kier molecular flexibility index (Phi) is 5.77. The number of para-hydroxylation sites is 1. The molecule has 0 bridgehead atoms. The third-order valence-corrected chi connectivity index (χ3v) is 2.83. The Morgan fingerprint density at radius 1 is 1.32 bits per heavy atom. The molecule has 0 heterocycles. The van der Waals surface area contributed by atoms with E-state index in [2.05, 4.69) is 44.1 Å². The zero-order valence-electron chi connectivity index (χ0n) is 12.1. The number of carbonyl (C=O) groups is 1. The first kappa shape index (κ1) is 15.4. The van der Waals surface area contributed by atoms with Gasteiger partial charge in [0.2, 0.25) is 5.91 Å². The summed E-state index contributed by atoms with van der Waals surface area (Å²) in [6, 6.07) is 7.96. The van der Waals surface area contributed by atoms with Gasteiger partial charge in [0.1, 0.15) is 0 Å². The van der Waals surface area contributed by atoms with Crippen LogP contribution in [-0.4, -0.2) is 19.0 Å². The molecular weight excluding hydrogens is 236 g/mol. The van der Waals surface area contributed by atoms with E-state index >= 15 is 0 Å². The molecule has 0 aromatic heterocycles. The van der Waals surface area contributed by atoms with E-state index in [0.29, 0.717) is 13.0 Å². The van der Waals surface area contributed by atoms with Gasteiger partial charge in [-0.3, -0.25) is 4.79 Å². The van der Waals surface area contributed by atoms with E-state index in [1.54, 1.807) is 6.08 Å². The summed E-state index contributed by atoms with van der Waals surface area (Å²) in [6.07, 6.45) is 2.25. The number of benzene rings is 1. The molecule has 0 aliphatic rings. The summed E-state index contributed by atoms with van der Waals surface area (Å²) in [7, 11) is 0. The highest BCUT2D eigenvalue weighted by molar-refractivity contribution is 5.91. The summed E-state index contributed by atoms with van der Waals surface area (Å²) < 4.78 is 0. The SMILES string of the molecule is C=CCNCCC(=O)Nc1ccccc1C(C)(C)C. The van der Waals surface area contributed by atoms with Crippen molar-refractivity contribution in [3.05, 3.63) is 42.5 Å². The quantitative estimate of drug-likeness (QED) is 0.609. The number of hydrogen-bond donors (Lipinski definition) is 2. The van der Waals surface area contributed by atoms with Crippen molar-refractivity contribution in [1.82, 2.24) is 5.32 Å². The van der Waals surface area contributed by atoms with Crippen LogP contribution in [0.15, 0.2) is 36.9 Å². The summed E-state index contributed by atoms with van der Waals surface area (Å²) in [5, 5.41) is 6.11. The molecule has 1 aromatic rings. The summed E-state index contributed by atoms with van der Waals surface area (Å²) >= 11 is 0. The average molecular weight is 260 g/mol. The molecule has 1 aromatic carbocycles. The first-order valence-electron chi connectivity index (χ1n) is 6.66. The van der Waals surface area contributed by atoms with Crippen LogP contribution < -0.4 is 10.6 Å². The molecule has 0 saturated heterocycles. The number of rotatable bonds is 6. The van der Waals surface area contributed by atoms with Gasteiger partial charge in [0.05, 0.1) is 0 Å². The molecule has 0 aliphatic heterocycles. The van der Waals surface area contributed by atoms with Gasteiger partial charge in [-0.1, -0.05) is 45.0 Å². The number of nitrogens with one attached hydrogen (secondary N) is 2. The van der Waals surface area contributed by atoms with Crippen LogP contribution in [0, 0.1) is 0 Å². The van der Waals surface area contributed by atoms with Gasteiger partial charge >= 0.3 is 0 Å². The molecule has 0 radical (unpaired) electrons. The van der Waals surface area contributed by atoms with Crippen molar-refractivity contribution in [2.75, 3.05) is 18.4 Å². The fourth-order valence-electron chi connectivity index (χ4n) is 1.86. The minimum Gasteiger partial charge on any atom is -0.326 e. The number of anilines is 1. The highest BCUT2D eigenvalue weighted by Crippen LogP contribution is 2.29. The van der Waals surface area contributed by atoms with Crippen molar-refractivity contribution >= 4 is 11.6 Å². The fraction of sp³-hybridized carbons (Fsp3) is 0.438. The van der Waals surface area contributed by atoms with Crippen LogP contribution in [0.25, 0.3) is 0 Å². The van der Waals surface area contributed by atoms with Gasteiger partial charge in [-0.05, 0) is 17.0 Å². The van der Waals surface area contributed by atoms with Crippen molar-refractivity contribution in [3.63, 3.8) is 0 Å². The van der Waals surface area contributed by atoms with Gasteiger partial charge in [-0.2, -0.15) is 0 Å². The summed E-state index contributed by atoms with van der Waals surface area (Å²) in [4.78, 5) is 11.9. The van der Waals surface area contributed by atoms with Crippen LogP contribution in [0.1, 0.15) is 32.8 Å². The number of amides is 1. The van der Waals surface area contributed by atoms with E-state index in [1.165, 1.54) is 0 Å². The lowest BCUT2D eigenvalue weighted by Crippen LogP contribution is -2.23. The molecule has 1 amide bonds. The third-order valence-electron chi connectivity index (χ3n) is 2.83. The molecule has 0 fully saturated rings. The van der Waals surface area contributed by atoms with E-state index < -0.39 is 0 Å². The van der Waals surface area contributed by atoms with E-state index in [9.17, 15) is 4.79 Å². The Labute approximate surface area is 116 Å². The standard InChI is InChI=1S/C16H24N2O/c1-5-11-17-12-10-15(19)18-14-9-7-6-8-13(14)16(2,3)4/h5-9,17H,1,10-12H2,2-4H3,(H,18,19). The minimum atomic E-state index is 0.0188. The lowest BCUT2D eigenvalue weighted by atomic mass is 9.86. The van der Waals surface area contributed by atoms with Gasteiger partial charge in [0, 0.05) is 25.2 Å². The number of carbonyl (C=O) groups excluding carboxylic acids is 1. The smallest absolute Gasteiger partial charge is 0.225 e. The molecule has 1 rings (SSSR count). The highest BCUT2D eigenvalue weighted by atomic mass is 16.1. The van der Waals surface area contributed by atoms with E-state index in [4.69, 9.17) is 0 Å². The Morgan fingerprint density at radius 2 is 2.00 bits per heavy atom. The van der Waals surface area contributed by atoms with Crippen LogP contribution in [0.2, 0.25) is 0 Å². The van der Waals surface area contributed by atoms with Gasteiger partial charge in [0.25, 0.3) is 0 Å². The van der Waals surface area contributed by atoms with E-state index in [0.717, 1.165) is 17.8 Å². The minimum absolute atomic E-state index is 0.0188. The Balaban J connectivity index is 2.62. The van der Waals surface area contributed by atoms with Crippen molar-refractivity contribution in [2.24, 2.45) is 0 Å². The molecule has 2 N–H and O–H groups in total. The summed E-state index contributed by atoms with van der Waals surface area (Å²) in [5.74, 6) is 0.0354. The van der Waals surface area contributed by atoms with Gasteiger partial charge in [-0.15, -0.1) is 6.58 Å². The Morgan fingerprint density at radius 3 is 2.63 bits per heavy atom. The van der Waals surface area contributed by atoms with Crippen LogP contribution in [-0.2, 0) is 10.2 Å². The summed E-state index contributed by atoms with van der Waals surface area (Å²) in [6.45, 7) is 11.4. The summed E-state index contributed by atoms with van der Waals surface area (Å²) in [5.41, 5.74) is 2.08. The maximum atomic E-state index is 11.9. The monoisotopic (exact) mass is 260 g/mol. The predicted molar refractivity (Wildman–Crippen MR) is 81.5 cm³/mol. The molecule has 104 valence electrons. The number of hydrogen-bond acceptors (Lipinski definition) is 2. The van der Waals surface area contributed by atoms with Crippen molar-refractivity contribution < 1.29 is 4.79 Å². The fourth-order valence-corrected chi connectivity index (χ4v) is 1.86. The molecule has 3 heteroatoms. The first-order valence-corrected chi connectivity index (χ1v) is 6.66. The average Bonchev–Trinajstić information content (AvgIpc) is 2.34. The Bertz CT molecular complexity index is 433. The lowest BCUT2D eigenvalue weighted by Gasteiger charge is -2.23. The zero-order valence-corrected chi connectivity index (χ0v) is 12.1. The van der Waals surface area contributed by atoms with Gasteiger partial charge < -0.3 is 10.6 Å². The van der Waals surface area contributed by atoms with Crippen LogP contribution in [0.4, 0.5) is 5.69 Å². The molecular formula is C16H24N2O. The zero-order chi connectivity index (χ0) is 14.3. The Hall–Kier alpha value is -1.61. The largest absolute Gasteiger partial charge is 0.326 e. The molecule has 19 heavy (non-hydrogen) atoms. The third kappa shape index (κ3) is 5.26. The predicted octanol–water partition coefficient (Wildman–Crippen LogP) is 3.09. The second-order valence-corrected chi connectivity index (χ2v) is 5.59. The highest BCUT2D eigenvalue weighted by Gasteiger charge is 2.18. The molecule has 0 unspecified atom stereocenters. The molecule has 3 nitrogen and oxygen atoms in total.